The molecular weight excluding hydrogens is 272 g/mol. The van der Waals surface area contributed by atoms with Crippen LogP contribution in [0.15, 0.2) is 72.8 Å². The lowest BCUT2D eigenvalue weighted by atomic mass is 10.0. The zero-order chi connectivity index (χ0) is 15.4. The van der Waals surface area contributed by atoms with Gasteiger partial charge in [-0.3, -0.25) is 4.79 Å². The fourth-order valence-electron chi connectivity index (χ4n) is 2.55. The Hall–Kier alpha value is -2.65. The van der Waals surface area contributed by atoms with Gasteiger partial charge in [0.1, 0.15) is 0 Å². The van der Waals surface area contributed by atoms with Crippen molar-refractivity contribution < 1.29 is 4.79 Å². The molecule has 0 heterocycles. The van der Waals surface area contributed by atoms with Gasteiger partial charge in [-0.15, -0.1) is 0 Å². The second-order valence-corrected chi connectivity index (χ2v) is 5.30. The quantitative estimate of drug-likeness (QED) is 0.766. The Balaban J connectivity index is 1.74. The van der Waals surface area contributed by atoms with Crippen LogP contribution in [-0.2, 0) is 4.79 Å². The van der Waals surface area contributed by atoms with Crippen LogP contribution in [0.4, 0.5) is 5.69 Å². The number of rotatable bonds is 4. The van der Waals surface area contributed by atoms with Crippen LogP contribution in [0.1, 0.15) is 18.0 Å². The average Bonchev–Trinajstić information content (AvgIpc) is 2.56. The molecule has 0 aromatic heterocycles. The second-order valence-electron chi connectivity index (χ2n) is 5.30. The van der Waals surface area contributed by atoms with E-state index in [1.165, 1.54) is 0 Å². The van der Waals surface area contributed by atoms with Gasteiger partial charge in [0.25, 0.3) is 0 Å². The van der Waals surface area contributed by atoms with Crippen molar-refractivity contribution in [2.24, 2.45) is 5.73 Å². The number of amides is 1. The number of hydrogen-bond acceptors (Lipinski definition) is 2. The van der Waals surface area contributed by atoms with Gasteiger partial charge < -0.3 is 11.1 Å². The molecule has 0 radical (unpaired) electrons. The minimum absolute atomic E-state index is 0.0762. The van der Waals surface area contributed by atoms with Gasteiger partial charge in [0.05, 0.1) is 0 Å². The molecule has 3 nitrogen and oxygen atoms in total. The summed E-state index contributed by atoms with van der Waals surface area (Å²) >= 11 is 0. The molecule has 3 N–H and O–H groups in total. The zero-order valence-electron chi connectivity index (χ0n) is 12.2. The van der Waals surface area contributed by atoms with E-state index in [0.29, 0.717) is 0 Å². The summed E-state index contributed by atoms with van der Waals surface area (Å²) in [7, 11) is 0. The standard InChI is InChI=1S/C19H18N2O/c20-17(15-8-2-1-3-9-15)13-19(22)21-18-12-6-10-14-7-4-5-11-16(14)18/h1-12,17H,13,20H2,(H,21,22). The highest BCUT2D eigenvalue weighted by Crippen LogP contribution is 2.23. The maximum absolute atomic E-state index is 12.2. The van der Waals surface area contributed by atoms with Gasteiger partial charge in [-0.2, -0.15) is 0 Å². The summed E-state index contributed by atoms with van der Waals surface area (Å²) in [5.74, 6) is -0.0762. The molecule has 3 aromatic carbocycles. The minimum atomic E-state index is -0.295. The van der Waals surface area contributed by atoms with Gasteiger partial charge in [0, 0.05) is 23.5 Å². The molecule has 0 aliphatic rings. The number of fused-ring (bicyclic) bond motifs is 1. The molecular formula is C19H18N2O. The highest BCUT2D eigenvalue weighted by molar-refractivity contribution is 6.02. The van der Waals surface area contributed by atoms with Crippen molar-refractivity contribution in [2.75, 3.05) is 5.32 Å². The molecule has 0 saturated heterocycles. The van der Waals surface area contributed by atoms with Crippen LogP contribution in [0, 0.1) is 0 Å². The molecule has 3 heteroatoms. The zero-order valence-corrected chi connectivity index (χ0v) is 12.2. The molecule has 1 unspecified atom stereocenters. The summed E-state index contributed by atoms with van der Waals surface area (Å²) in [5, 5.41) is 5.10. The molecule has 110 valence electrons. The van der Waals surface area contributed by atoms with Crippen molar-refractivity contribution in [3.63, 3.8) is 0 Å². The van der Waals surface area contributed by atoms with Crippen LogP contribution in [0.5, 0.6) is 0 Å². The Bertz CT molecular complexity index is 778. The molecule has 1 atom stereocenters. The summed E-state index contributed by atoms with van der Waals surface area (Å²) in [5.41, 5.74) is 7.89. The topological polar surface area (TPSA) is 55.1 Å². The predicted octanol–water partition coefficient (Wildman–Crippen LogP) is 3.87. The van der Waals surface area contributed by atoms with E-state index in [9.17, 15) is 4.79 Å². The number of carbonyl (C=O) groups is 1. The predicted molar refractivity (Wildman–Crippen MR) is 90.6 cm³/mol. The second kappa shape index (κ2) is 6.41. The molecule has 0 spiro atoms. The molecule has 0 aliphatic heterocycles. The average molecular weight is 290 g/mol. The number of nitrogens with two attached hydrogens (primary N) is 1. The third-order valence-electron chi connectivity index (χ3n) is 3.70. The maximum atomic E-state index is 12.2. The van der Waals surface area contributed by atoms with E-state index in [2.05, 4.69) is 5.32 Å². The normalized spacial score (nSPS) is 12.0. The molecule has 0 bridgehead atoms. The molecule has 3 rings (SSSR count). The first-order valence-corrected chi connectivity index (χ1v) is 7.32. The summed E-state index contributed by atoms with van der Waals surface area (Å²) < 4.78 is 0. The monoisotopic (exact) mass is 290 g/mol. The third-order valence-corrected chi connectivity index (χ3v) is 3.70. The number of anilines is 1. The molecule has 1 amide bonds. The van der Waals surface area contributed by atoms with Crippen LogP contribution >= 0.6 is 0 Å². The van der Waals surface area contributed by atoms with E-state index in [4.69, 9.17) is 5.73 Å². The SMILES string of the molecule is NC(CC(=O)Nc1cccc2ccccc12)c1ccccc1. The van der Waals surface area contributed by atoms with Gasteiger partial charge in [-0.1, -0.05) is 66.7 Å². The van der Waals surface area contributed by atoms with Gasteiger partial charge in [0.15, 0.2) is 0 Å². The lowest BCUT2D eigenvalue weighted by Gasteiger charge is -2.13. The number of nitrogens with one attached hydrogen (secondary N) is 1. The molecule has 0 aliphatic carbocycles. The third kappa shape index (κ3) is 3.15. The Labute approximate surface area is 129 Å². The van der Waals surface area contributed by atoms with Crippen LogP contribution in [-0.4, -0.2) is 5.91 Å². The highest BCUT2D eigenvalue weighted by atomic mass is 16.1. The van der Waals surface area contributed by atoms with Crippen molar-refractivity contribution in [1.29, 1.82) is 0 Å². The van der Waals surface area contributed by atoms with Gasteiger partial charge in [-0.25, -0.2) is 0 Å². The smallest absolute Gasteiger partial charge is 0.226 e. The van der Waals surface area contributed by atoms with Crippen LogP contribution < -0.4 is 11.1 Å². The van der Waals surface area contributed by atoms with Gasteiger partial charge in [-0.05, 0) is 17.0 Å². The minimum Gasteiger partial charge on any atom is -0.325 e. The molecule has 22 heavy (non-hydrogen) atoms. The van der Waals surface area contributed by atoms with Crippen molar-refractivity contribution in [3.8, 4) is 0 Å². The van der Waals surface area contributed by atoms with E-state index >= 15 is 0 Å². The van der Waals surface area contributed by atoms with E-state index in [1.807, 2.05) is 72.8 Å². The van der Waals surface area contributed by atoms with E-state index in [1.54, 1.807) is 0 Å². The van der Waals surface area contributed by atoms with E-state index < -0.39 is 0 Å². The summed E-state index contributed by atoms with van der Waals surface area (Å²) in [6.45, 7) is 0. The fraction of sp³-hybridized carbons (Fsp3) is 0.105. The summed E-state index contributed by atoms with van der Waals surface area (Å²) in [6.07, 6.45) is 0.257. The first kappa shape index (κ1) is 14.3. The summed E-state index contributed by atoms with van der Waals surface area (Å²) in [4.78, 5) is 12.2. The van der Waals surface area contributed by atoms with Gasteiger partial charge in [0.2, 0.25) is 5.91 Å². The Morgan fingerprint density at radius 3 is 2.41 bits per heavy atom. The van der Waals surface area contributed by atoms with Crippen molar-refractivity contribution in [1.82, 2.24) is 0 Å². The van der Waals surface area contributed by atoms with E-state index in [0.717, 1.165) is 22.0 Å². The molecule has 3 aromatic rings. The largest absolute Gasteiger partial charge is 0.325 e. The number of benzene rings is 3. The van der Waals surface area contributed by atoms with Crippen LogP contribution in [0.25, 0.3) is 10.8 Å². The summed E-state index contributed by atoms with van der Waals surface area (Å²) in [6, 6.07) is 23.2. The van der Waals surface area contributed by atoms with Crippen LogP contribution in [0.2, 0.25) is 0 Å². The van der Waals surface area contributed by atoms with E-state index in [-0.39, 0.29) is 18.4 Å². The maximum Gasteiger partial charge on any atom is 0.226 e. The fourth-order valence-corrected chi connectivity index (χ4v) is 2.55. The number of carbonyl (C=O) groups excluding carboxylic acids is 1. The lowest BCUT2D eigenvalue weighted by Crippen LogP contribution is -2.20. The molecule has 0 fully saturated rings. The Morgan fingerprint density at radius 2 is 1.59 bits per heavy atom. The highest BCUT2D eigenvalue weighted by Gasteiger charge is 2.12. The molecule has 0 saturated carbocycles. The van der Waals surface area contributed by atoms with Crippen molar-refractivity contribution in [3.05, 3.63) is 78.4 Å². The first-order valence-electron chi connectivity index (χ1n) is 7.32. The van der Waals surface area contributed by atoms with Gasteiger partial charge >= 0.3 is 0 Å². The van der Waals surface area contributed by atoms with Crippen LogP contribution in [0.3, 0.4) is 0 Å². The lowest BCUT2D eigenvalue weighted by molar-refractivity contribution is -0.116. The van der Waals surface area contributed by atoms with Crippen molar-refractivity contribution >= 4 is 22.4 Å². The van der Waals surface area contributed by atoms with Crippen molar-refractivity contribution in [2.45, 2.75) is 12.5 Å². The number of hydrogen-bond donors (Lipinski definition) is 2. The Morgan fingerprint density at radius 1 is 0.909 bits per heavy atom. The first-order chi connectivity index (χ1) is 10.7. The Kier molecular flexibility index (Phi) is 4.17.